The number of hydrogen-bond acceptors (Lipinski definition) is 5. The minimum absolute atomic E-state index is 0.213. The minimum atomic E-state index is -5.94. The molecule has 3 aromatic rings. The third kappa shape index (κ3) is 3.99. The van der Waals surface area contributed by atoms with Crippen molar-refractivity contribution in [3.8, 4) is 5.75 Å². The lowest BCUT2D eigenvalue weighted by Gasteiger charge is -2.38. The van der Waals surface area contributed by atoms with Gasteiger partial charge in [-0.2, -0.15) is 26.3 Å². The molecular weight excluding hydrogens is 436 g/mol. The van der Waals surface area contributed by atoms with E-state index in [1.165, 1.54) is 42.8 Å². The van der Waals surface area contributed by atoms with Gasteiger partial charge in [-0.25, -0.2) is 4.98 Å². The molecule has 0 saturated heterocycles. The average molecular weight is 449 g/mol. The highest BCUT2D eigenvalue weighted by Gasteiger charge is 2.73. The molecule has 0 fully saturated rings. The predicted molar refractivity (Wildman–Crippen MR) is 98.5 cm³/mol. The third-order valence-corrected chi connectivity index (χ3v) is 5.04. The topological polar surface area (TPSA) is 63.2 Å². The van der Waals surface area contributed by atoms with Gasteiger partial charge in [0.2, 0.25) is 0 Å². The van der Waals surface area contributed by atoms with E-state index >= 15 is 0 Å². The number of benzene rings is 2. The molecule has 2 N–H and O–H groups in total. The Labute approximate surface area is 169 Å². The fourth-order valence-electron chi connectivity index (χ4n) is 2.55. The molecule has 0 atom stereocenters. The molecule has 0 aliphatic heterocycles. The largest absolute Gasteiger partial charge is 0.497 e. The van der Waals surface area contributed by atoms with Crippen molar-refractivity contribution < 1.29 is 35.9 Å². The van der Waals surface area contributed by atoms with Gasteiger partial charge in [-0.05, 0) is 36.4 Å². The molecule has 0 aliphatic carbocycles. The Bertz CT molecular complexity index is 999. The minimum Gasteiger partial charge on any atom is -0.497 e. The molecule has 5 nitrogen and oxygen atoms in total. The molecule has 30 heavy (non-hydrogen) atoms. The van der Waals surface area contributed by atoms with E-state index < -0.39 is 34.6 Å². The van der Waals surface area contributed by atoms with Gasteiger partial charge in [0.1, 0.15) is 5.75 Å². The van der Waals surface area contributed by atoms with E-state index in [1.54, 1.807) is 6.07 Å². The van der Waals surface area contributed by atoms with E-state index in [0.717, 1.165) is 17.4 Å². The molecule has 0 radical (unpaired) electrons. The highest BCUT2D eigenvalue weighted by molar-refractivity contribution is 7.22. The first-order valence-electron chi connectivity index (χ1n) is 8.20. The number of methoxy groups -OCH3 is 1. The third-order valence-electron chi connectivity index (χ3n) is 4.09. The van der Waals surface area contributed by atoms with Gasteiger partial charge in [-0.3, -0.25) is 4.79 Å². The molecule has 0 unspecified atom stereocenters. The van der Waals surface area contributed by atoms with Crippen LogP contribution in [0.4, 0.5) is 31.5 Å². The number of halogens is 6. The summed E-state index contributed by atoms with van der Waals surface area (Å²) in [5, 5.41) is 1.82. The van der Waals surface area contributed by atoms with Crippen LogP contribution in [0.15, 0.2) is 48.5 Å². The zero-order valence-electron chi connectivity index (χ0n) is 15.1. The van der Waals surface area contributed by atoms with Gasteiger partial charge >= 0.3 is 18.0 Å². The molecule has 12 heteroatoms. The van der Waals surface area contributed by atoms with Crippen LogP contribution in [0.2, 0.25) is 0 Å². The number of rotatable bonds is 5. The predicted octanol–water partition coefficient (Wildman–Crippen LogP) is 4.97. The van der Waals surface area contributed by atoms with Crippen molar-refractivity contribution in [2.75, 3.05) is 12.4 Å². The lowest BCUT2D eigenvalue weighted by molar-refractivity contribution is -0.294. The Balaban J connectivity index is 2.03. The van der Waals surface area contributed by atoms with Gasteiger partial charge in [0.15, 0.2) is 5.13 Å². The fraction of sp³-hybridized carbons (Fsp3) is 0.222. The van der Waals surface area contributed by atoms with Crippen LogP contribution < -0.4 is 15.4 Å². The summed E-state index contributed by atoms with van der Waals surface area (Å²) in [6, 6.07) is 10.6. The number of anilines is 1. The maximum absolute atomic E-state index is 13.8. The summed E-state index contributed by atoms with van der Waals surface area (Å²) in [5.74, 6) is -1.31. The lowest BCUT2D eigenvalue weighted by atomic mass is 10.1. The zero-order valence-corrected chi connectivity index (χ0v) is 15.9. The Morgan fingerprint density at radius 1 is 0.967 bits per heavy atom. The highest BCUT2D eigenvalue weighted by Crippen LogP contribution is 2.44. The van der Waals surface area contributed by atoms with Crippen molar-refractivity contribution >= 4 is 32.6 Å². The number of alkyl halides is 6. The molecular formula is C18H13F6N3O2S. The Morgan fingerprint density at radius 2 is 1.57 bits per heavy atom. The van der Waals surface area contributed by atoms with Crippen LogP contribution in [0.3, 0.4) is 0 Å². The number of amides is 1. The van der Waals surface area contributed by atoms with Crippen molar-refractivity contribution in [1.29, 1.82) is 0 Å². The van der Waals surface area contributed by atoms with Gasteiger partial charge in [0.25, 0.3) is 5.91 Å². The first-order valence-corrected chi connectivity index (χ1v) is 9.02. The molecule has 1 amide bonds. The van der Waals surface area contributed by atoms with Crippen molar-refractivity contribution in [1.82, 2.24) is 10.3 Å². The molecule has 0 bridgehead atoms. The number of fused-ring (bicyclic) bond motifs is 1. The molecule has 1 aromatic heterocycles. The summed E-state index contributed by atoms with van der Waals surface area (Å²) in [6.45, 7) is 0. The number of para-hydroxylation sites is 1. The van der Waals surface area contributed by atoms with Gasteiger partial charge in [-0.1, -0.05) is 23.5 Å². The normalized spacial score (nSPS) is 12.6. The number of nitrogens with one attached hydrogen (secondary N) is 2. The second-order valence-electron chi connectivity index (χ2n) is 6.04. The van der Waals surface area contributed by atoms with E-state index in [1.807, 2.05) is 0 Å². The summed E-state index contributed by atoms with van der Waals surface area (Å²) in [7, 11) is 1.31. The number of carbonyl (C=O) groups excluding carboxylic acids is 1. The standard InChI is InChI=1S/C18H13F6N3O2S/c1-29-11-8-6-10(7-9-11)14(28)26-16(17(19,20)21,18(22,23)24)27-15-25-12-4-2-3-5-13(12)30-15/h2-9H,1H3,(H,25,27)(H,26,28). The Hall–Kier alpha value is -3.02. The molecule has 160 valence electrons. The van der Waals surface area contributed by atoms with Gasteiger partial charge in [0, 0.05) is 5.56 Å². The second-order valence-corrected chi connectivity index (χ2v) is 7.07. The maximum Gasteiger partial charge on any atom is 0.439 e. The molecule has 3 rings (SSSR count). The van der Waals surface area contributed by atoms with Crippen molar-refractivity contribution in [3.63, 3.8) is 0 Å². The number of thiazole rings is 1. The summed E-state index contributed by atoms with van der Waals surface area (Å²) in [4.78, 5) is 16.1. The lowest BCUT2D eigenvalue weighted by Crippen LogP contribution is -2.72. The van der Waals surface area contributed by atoms with Crippen molar-refractivity contribution in [3.05, 3.63) is 54.1 Å². The van der Waals surface area contributed by atoms with Crippen LogP contribution in [0, 0.1) is 0 Å². The monoisotopic (exact) mass is 449 g/mol. The van der Waals surface area contributed by atoms with E-state index in [9.17, 15) is 31.1 Å². The summed E-state index contributed by atoms with van der Waals surface area (Å²) >= 11 is 0.594. The molecule has 1 heterocycles. The zero-order chi connectivity index (χ0) is 22.2. The van der Waals surface area contributed by atoms with Crippen LogP contribution >= 0.6 is 11.3 Å². The molecule has 0 aliphatic rings. The van der Waals surface area contributed by atoms with Crippen molar-refractivity contribution in [2.24, 2.45) is 0 Å². The smallest absolute Gasteiger partial charge is 0.439 e. The van der Waals surface area contributed by atoms with Gasteiger partial charge < -0.3 is 15.4 Å². The number of aromatic nitrogens is 1. The average Bonchev–Trinajstić information content (AvgIpc) is 3.08. The van der Waals surface area contributed by atoms with E-state index in [0.29, 0.717) is 16.0 Å². The van der Waals surface area contributed by atoms with E-state index in [2.05, 4.69) is 4.98 Å². The van der Waals surface area contributed by atoms with Crippen molar-refractivity contribution in [2.45, 2.75) is 18.0 Å². The highest BCUT2D eigenvalue weighted by atomic mass is 32.1. The number of nitrogens with zero attached hydrogens (tertiary/aromatic N) is 1. The second kappa shape index (κ2) is 7.67. The van der Waals surface area contributed by atoms with Crippen LogP contribution in [0.1, 0.15) is 10.4 Å². The summed E-state index contributed by atoms with van der Waals surface area (Å²) in [5.41, 5.74) is -4.96. The molecule has 2 aromatic carbocycles. The molecule has 0 saturated carbocycles. The van der Waals surface area contributed by atoms with Crippen LogP contribution in [-0.2, 0) is 0 Å². The first kappa shape index (κ1) is 21.7. The van der Waals surface area contributed by atoms with Gasteiger partial charge in [-0.15, -0.1) is 0 Å². The SMILES string of the molecule is COc1ccc(C(=O)NC(Nc2nc3ccccc3s2)(C(F)(F)F)C(F)(F)F)cc1. The number of hydrogen-bond donors (Lipinski definition) is 2. The quantitative estimate of drug-likeness (QED) is 0.427. The van der Waals surface area contributed by atoms with Crippen LogP contribution in [-0.4, -0.2) is 36.0 Å². The fourth-order valence-corrected chi connectivity index (χ4v) is 3.47. The van der Waals surface area contributed by atoms with E-state index in [4.69, 9.17) is 4.74 Å². The Morgan fingerprint density at radius 3 is 2.10 bits per heavy atom. The first-order chi connectivity index (χ1) is 14.0. The number of ether oxygens (including phenoxy) is 1. The molecule has 0 spiro atoms. The van der Waals surface area contributed by atoms with Crippen LogP contribution in [0.25, 0.3) is 10.2 Å². The summed E-state index contributed by atoms with van der Waals surface area (Å²) in [6.07, 6.45) is -11.9. The summed E-state index contributed by atoms with van der Waals surface area (Å²) < 4.78 is 87.8. The number of carbonyl (C=O) groups is 1. The van der Waals surface area contributed by atoms with E-state index in [-0.39, 0.29) is 11.3 Å². The Kier molecular flexibility index (Phi) is 5.54. The maximum atomic E-state index is 13.8. The van der Waals surface area contributed by atoms with Gasteiger partial charge in [0.05, 0.1) is 17.3 Å². The van der Waals surface area contributed by atoms with Crippen LogP contribution in [0.5, 0.6) is 5.75 Å².